The average molecular weight is 238 g/mol. The number of hydrogen-bond donors (Lipinski definition) is 2. The van der Waals surface area contributed by atoms with Crippen LogP contribution in [0.1, 0.15) is 31.2 Å². The molecule has 1 aromatic rings. The Morgan fingerprint density at radius 3 is 2.35 bits per heavy atom. The second kappa shape index (κ2) is 4.11. The lowest BCUT2D eigenvalue weighted by Gasteiger charge is -2.46. The molecule has 2 N–H and O–H groups in total. The number of hydrogen-bond acceptors (Lipinski definition) is 2. The molecule has 1 fully saturated rings. The zero-order valence-electron chi connectivity index (χ0n) is 9.56. The first-order chi connectivity index (χ1) is 7.95. The summed E-state index contributed by atoms with van der Waals surface area (Å²) < 4.78 is 12.8. The molecule has 92 valence electrons. The first kappa shape index (κ1) is 12.0. The summed E-state index contributed by atoms with van der Waals surface area (Å²) in [5.41, 5.74) is -0.113. The molecule has 17 heavy (non-hydrogen) atoms. The van der Waals surface area contributed by atoms with Gasteiger partial charge in [0, 0.05) is 0 Å². The highest BCUT2D eigenvalue weighted by atomic mass is 19.1. The third kappa shape index (κ3) is 1.93. The van der Waals surface area contributed by atoms with Gasteiger partial charge in [-0.05, 0) is 36.5 Å². The molecule has 0 bridgehead atoms. The molecule has 0 aliphatic heterocycles. The van der Waals surface area contributed by atoms with E-state index < -0.39 is 17.5 Å². The van der Waals surface area contributed by atoms with Crippen molar-refractivity contribution in [1.82, 2.24) is 0 Å². The summed E-state index contributed by atoms with van der Waals surface area (Å²) in [5, 5.41) is 18.7. The number of carboxylic acid groups (broad SMARTS) is 1. The fraction of sp³-hybridized carbons (Fsp3) is 0.462. The lowest BCUT2D eigenvalue weighted by molar-refractivity contribution is -0.165. The lowest BCUT2D eigenvalue weighted by Crippen LogP contribution is -2.50. The molecule has 1 saturated carbocycles. The highest BCUT2D eigenvalue weighted by Gasteiger charge is 2.53. The van der Waals surface area contributed by atoms with Crippen molar-refractivity contribution < 1.29 is 19.4 Å². The van der Waals surface area contributed by atoms with E-state index in [1.165, 1.54) is 12.1 Å². The van der Waals surface area contributed by atoms with Crippen LogP contribution in [0.2, 0.25) is 0 Å². The maximum absolute atomic E-state index is 12.8. The summed E-state index contributed by atoms with van der Waals surface area (Å²) in [4.78, 5) is 11.3. The fourth-order valence-electron chi connectivity index (χ4n) is 2.57. The van der Waals surface area contributed by atoms with Crippen molar-refractivity contribution in [2.45, 2.75) is 31.8 Å². The predicted molar refractivity (Wildman–Crippen MR) is 60.1 cm³/mol. The normalized spacial score (nSPS) is 29.5. The Labute approximate surface area is 98.9 Å². The minimum Gasteiger partial charge on any atom is -0.481 e. The van der Waals surface area contributed by atoms with Crippen LogP contribution in [-0.4, -0.2) is 22.3 Å². The largest absolute Gasteiger partial charge is 0.481 e. The second-order valence-corrected chi connectivity index (χ2v) is 4.80. The number of aliphatic hydroxyl groups excluding tert-OH is 1. The standard InChI is InChI=1S/C13H15FO3/c1-8(9-2-4-10(14)5-3-9)13(12(16)17)6-11(15)7-13/h2-5,8,11,15H,6-7H2,1H3,(H,16,17). The van der Waals surface area contributed by atoms with Gasteiger partial charge in [0.25, 0.3) is 0 Å². The molecule has 1 aliphatic carbocycles. The smallest absolute Gasteiger partial charge is 0.310 e. The van der Waals surface area contributed by atoms with Gasteiger partial charge in [-0.2, -0.15) is 0 Å². The molecule has 2 rings (SSSR count). The van der Waals surface area contributed by atoms with Crippen LogP contribution in [0.25, 0.3) is 0 Å². The molecule has 1 unspecified atom stereocenters. The van der Waals surface area contributed by atoms with Gasteiger partial charge in [0.2, 0.25) is 0 Å². The zero-order valence-corrected chi connectivity index (χ0v) is 9.56. The van der Waals surface area contributed by atoms with Gasteiger partial charge in [-0.25, -0.2) is 4.39 Å². The molecule has 3 nitrogen and oxygen atoms in total. The highest BCUT2D eigenvalue weighted by Crippen LogP contribution is 2.51. The molecule has 4 heteroatoms. The van der Waals surface area contributed by atoms with Crippen LogP contribution in [-0.2, 0) is 4.79 Å². The summed E-state index contributed by atoms with van der Waals surface area (Å²) in [6, 6.07) is 5.87. The van der Waals surface area contributed by atoms with Crippen molar-refractivity contribution in [1.29, 1.82) is 0 Å². The Balaban J connectivity index is 2.26. The third-order valence-electron chi connectivity index (χ3n) is 3.82. The first-order valence-electron chi connectivity index (χ1n) is 5.62. The molecule has 0 saturated heterocycles. The number of carboxylic acids is 1. The molecular formula is C13H15FO3. The SMILES string of the molecule is CC(c1ccc(F)cc1)C1(C(=O)O)CC(O)C1. The molecule has 1 atom stereocenters. The number of carbonyl (C=O) groups is 1. The van der Waals surface area contributed by atoms with Crippen LogP contribution in [0.5, 0.6) is 0 Å². The highest BCUT2D eigenvalue weighted by molar-refractivity contribution is 5.77. The third-order valence-corrected chi connectivity index (χ3v) is 3.82. The molecule has 0 radical (unpaired) electrons. The summed E-state index contributed by atoms with van der Waals surface area (Å²) in [6.07, 6.45) is -0.00382. The van der Waals surface area contributed by atoms with Crippen LogP contribution < -0.4 is 0 Å². The maximum atomic E-state index is 12.8. The van der Waals surface area contributed by atoms with E-state index in [0.717, 1.165) is 5.56 Å². The van der Waals surface area contributed by atoms with Gasteiger partial charge in [-0.3, -0.25) is 4.79 Å². The van der Waals surface area contributed by atoms with E-state index in [9.17, 15) is 19.4 Å². The Bertz CT molecular complexity index is 421. The minimum atomic E-state index is -0.906. The topological polar surface area (TPSA) is 57.5 Å². The quantitative estimate of drug-likeness (QED) is 0.848. The van der Waals surface area contributed by atoms with E-state index >= 15 is 0 Å². The van der Waals surface area contributed by atoms with Crippen LogP contribution in [0.3, 0.4) is 0 Å². The summed E-state index contributed by atoms with van der Waals surface area (Å²) >= 11 is 0. The Morgan fingerprint density at radius 2 is 1.94 bits per heavy atom. The second-order valence-electron chi connectivity index (χ2n) is 4.80. The van der Waals surface area contributed by atoms with Gasteiger partial charge in [-0.15, -0.1) is 0 Å². The van der Waals surface area contributed by atoms with E-state index in [4.69, 9.17) is 0 Å². The molecule has 0 aromatic heterocycles. The van der Waals surface area contributed by atoms with Gasteiger partial charge >= 0.3 is 5.97 Å². The molecule has 0 amide bonds. The fourth-order valence-corrected chi connectivity index (χ4v) is 2.57. The predicted octanol–water partition coefficient (Wildman–Crippen LogP) is 2.15. The number of aliphatic hydroxyl groups is 1. The van der Waals surface area contributed by atoms with Gasteiger partial charge < -0.3 is 10.2 Å². The number of halogens is 1. The van der Waals surface area contributed by atoms with Crippen molar-refractivity contribution in [2.24, 2.45) is 5.41 Å². The Hall–Kier alpha value is -1.42. The van der Waals surface area contributed by atoms with E-state index in [1.807, 2.05) is 6.92 Å². The average Bonchev–Trinajstić information content (AvgIpc) is 2.24. The molecule has 0 spiro atoms. The summed E-state index contributed by atoms with van der Waals surface area (Å²) in [6.45, 7) is 1.81. The number of rotatable bonds is 3. The van der Waals surface area contributed by atoms with E-state index in [2.05, 4.69) is 0 Å². The van der Waals surface area contributed by atoms with Gasteiger partial charge in [0.05, 0.1) is 11.5 Å². The monoisotopic (exact) mass is 238 g/mol. The van der Waals surface area contributed by atoms with Crippen LogP contribution in [0, 0.1) is 11.2 Å². The first-order valence-corrected chi connectivity index (χ1v) is 5.62. The Morgan fingerprint density at radius 1 is 1.41 bits per heavy atom. The van der Waals surface area contributed by atoms with Crippen LogP contribution in [0.4, 0.5) is 4.39 Å². The lowest BCUT2D eigenvalue weighted by atomic mass is 9.58. The van der Waals surface area contributed by atoms with E-state index in [0.29, 0.717) is 0 Å². The van der Waals surface area contributed by atoms with Gasteiger partial charge in [0.15, 0.2) is 0 Å². The summed E-state index contributed by atoms with van der Waals surface area (Å²) in [5.74, 6) is -1.46. The van der Waals surface area contributed by atoms with Crippen molar-refractivity contribution in [2.75, 3.05) is 0 Å². The maximum Gasteiger partial charge on any atom is 0.310 e. The molecular weight excluding hydrogens is 223 g/mol. The van der Waals surface area contributed by atoms with Crippen molar-refractivity contribution in [3.05, 3.63) is 35.6 Å². The van der Waals surface area contributed by atoms with Crippen LogP contribution in [0.15, 0.2) is 24.3 Å². The minimum absolute atomic E-state index is 0.232. The van der Waals surface area contributed by atoms with Crippen molar-refractivity contribution in [3.8, 4) is 0 Å². The zero-order chi connectivity index (χ0) is 12.6. The number of aliphatic carboxylic acids is 1. The van der Waals surface area contributed by atoms with Crippen molar-refractivity contribution >= 4 is 5.97 Å². The summed E-state index contributed by atoms with van der Waals surface area (Å²) in [7, 11) is 0. The number of benzene rings is 1. The van der Waals surface area contributed by atoms with Crippen LogP contribution >= 0.6 is 0 Å². The van der Waals surface area contributed by atoms with Gasteiger partial charge in [-0.1, -0.05) is 19.1 Å². The van der Waals surface area contributed by atoms with Gasteiger partial charge in [0.1, 0.15) is 5.82 Å². The Kier molecular flexibility index (Phi) is 2.91. The van der Waals surface area contributed by atoms with E-state index in [-0.39, 0.29) is 24.6 Å². The molecule has 1 aliphatic rings. The van der Waals surface area contributed by atoms with E-state index in [1.54, 1.807) is 12.1 Å². The van der Waals surface area contributed by atoms with Crippen molar-refractivity contribution in [3.63, 3.8) is 0 Å². The molecule has 1 aromatic carbocycles. The molecule has 0 heterocycles.